The number of para-hydroxylation sites is 2. The lowest BCUT2D eigenvalue weighted by atomic mass is 10.3. The van der Waals surface area contributed by atoms with Gasteiger partial charge in [0.15, 0.2) is 0 Å². The van der Waals surface area contributed by atoms with E-state index in [9.17, 15) is 4.79 Å². The van der Waals surface area contributed by atoms with Crippen molar-refractivity contribution in [2.24, 2.45) is 0 Å². The van der Waals surface area contributed by atoms with Gasteiger partial charge in [-0.25, -0.2) is 4.98 Å². The molecule has 0 atom stereocenters. The second-order valence-corrected chi connectivity index (χ2v) is 4.99. The van der Waals surface area contributed by atoms with Crippen molar-refractivity contribution >= 4 is 16.9 Å². The first-order valence-electron chi connectivity index (χ1n) is 6.85. The number of carbonyl (C=O) groups excluding carboxylic acids is 1. The summed E-state index contributed by atoms with van der Waals surface area (Å²) >= 11 is 0. The van der Waals surface area contributed by atoms with Crippen LogP contribution in [0.15, 0.2) is 24.3 Å². The third-order valence-electron chi connectivity index (χ3n) is 3.06. The summed E-state index contributed by atoms with van der Waals surface area (Å²) in [6, 6.07) is 8.26. The Kier molecular flexibility index (Phi) is 4.20. The van der Waals surface area contributed by atoms with Crippen LogP contribution in [0.4, 0.5) is 0 Å². The Labute approximate surface area is 113 Å². The third kappa shape index (κ3) is 3.13. The summed E-state index contributed by atoms with van der Waals surface area (Å²) in [6.07, 6.45) is 1.37. The van der Waals surface area contributed by atoms with Crippen molar-refractivity contribution in [3.8, 4) is 0 Å². The Hall–Kier alpha value is -1.84. The minimum absolute atomic E-state index is 0.0924. The van der Waals surface area contributed by atoms with Crippen molar-refractivity contribution in [2.45, 2.75) is 46.2 Å². The molecule has 1 amide bonds. The van der Waals surface area contributed by atoms with Crippen LogP contribution in [0.2, 0.25) is 0 Å². The van der Waals surface area contributed by atoms with Crippen LogP contribution in [-0.4, -0.2) is 21.5 Å². The molecule has 0 unspecified atom stereocenters. The van der Waals surface area contributed by atoms with Gasteiger partial charge in [-0.2, -0.15) is 0 Å². The van der Waals surface area contributed by atoms with Gasteiger partial charge in [0.2, 0.25) is 5.91 Å². The van der Waals surface area contributed by atoms with Crippen LogP contribution in [0.5, 0.6) is 0 Å². The number of carbonyl (C=O) groups is 1. The van der Waals surface area contributed by atoms with Crippen molar-refractivity contribution in [1.29, 1.82) is 0 Å². The number of hydrogen-bond acceptors (Lipinski definition) is 2. The van der Waals surface area contributed by atoms with Crippen LogP contribution < -0.4 is 5.32 Å². The molecule has 19 heavy (non-hydrogen) atoms. The molecule has 0 saturated heterocycles. The number of nitrogens with one attached hydrogen (secondary N) is 1. The molecule has 0 fully saturated rings. The van der Waals surface area contributed by atoms with Gasteiger partial charge in [-0.05, 0) is 26.0 Å². The standard InChI is InChI=1S/C15H21N3O/c1-4-14-17-12-7-5-6-8-13(12)18(14)10-9-15(19)16-11(2)3/h5-8,11H,4,9-10H2,1-3H3,(H,16,19). The summed E-state index contributed by atoms with van der Waals surface area (Å²) in [7, 11) is 0. The van der Waals surface area contributed by atoms with E-state index in [1.807, 2.05) is 32.0 Å². The van der Waals surface area contributed by atoms with E-state index >= 15 is 0 Å². The normalized spacial score (nSPS) is 11.2. The highest BCUT2D eigenvalue weighted by Crippen LogP contribution is 2.16. The first-order valence-corrected chi connectivity index (χ1v) is 6.85. The fraction of sp³-hybridized carbons (Fsp3) is 0.467. The average molecular weight is 259 g/mol. The number of amides is 1. The molecule has 0 bridgehead atoms. The molecule has 1 N–H and O–H groups in total. The van der Waals surface area contributed by atoms with Crippen LogP contribution in [0.3, 0.4) is 0 Å². The Morgan fingerprint density at radius 3 is 2.79 bits per heavy atom. The predicted octanol–water partition coefficient (Wildman–Crippen LogP) is 2.51. The summed E-state index contributed by atoms with van der Waals surface area (Å²) in [5.74, 6) is 1.13. The lowest BCUT2D eigenvalue weighted by Crippen LogP contribution is -2.30. The molecule has 0 aliphatic heterocycles. The average Bonchev–Trinajstić information content (AvgIpc) is 2.73. The first kappa shape index (κ1) is 13.6. The zero-order valence-corrected chi connectivity index (χ0v) is 11.8. The molecule has 0 saturated carbocycles. The maximum Gasteiger partial charge on any atom is 0.221 e. The summed E-state index contributed by atoms with van der Waals surface area (Å²) < 4.78 is 2.15. The van der Waals surface area contributed by atoms with Gasteiger partial charge in [-0.1, -0.05) is 19.1 Å². The maximum absolute atomic E-state index is 11.7. The minimum Gasteiger partial charge on any atom is -0.354 e. The van der Waals surface area contributed by atoms with E-state index in [2.05, 4.69) is 27.9 Å². The maximum atomic E-state index is 11.7. The van der Waals surface area contributed by atoms with Crippen molar-refractivity contribution in [3.05, 3.63) is 30.1 Å². The molecule has 102 valence electrons. The van der Waals surface area contributed by atoms with E-state index in [4.69, 9.17) is 0 Å². The van der Waals surface area contributed by atoms with E-state index in [1.54, 1.807) is 0 Å². The molecule has 0 spiro atoms. The molecule has 1 aromatic carbocycles. The summed E-state index contributed by atoms with van der Waals surface area (Å²) in [6.45, 7) is 6.72. The van der Waals surface area contributed by atoms with E-state index in [0.29, 0.717) is 13.0 Å². The summed E-state index contributed by atoms with van der Waals surface area (Å²) in [4.78, 5) is 16.3. The van der Waals surface area contributed by atoms with E-state index in [-0.39, 0.29) is 11.9 Å². The van der Waals surface area contributed by atoms with Gasteiger partial charge >= 0.3 is 0 Å². The van der Waals surface area contributed by atoms with Crippen LogP contribution in [0, 0.1) is 0 Å². The zero-order valence-electron chi connectivity index (χ0n) is 11.8. The summed E-state index contributed by atoms with van der Waals surface area (Å²) in [5.41, 5.74) is 2.11. The summed E-state index contributed by atoms with van der Waals surface area (Å²) in [5, 5.41) is 2.92. The highest BCUT2D eigenvalue weighted by atomic mass is 16.1. The highest BCUT2D eigenvalue weighted by molar-refractivity contribution is 5.78. The molecule has 1 aromatic heterocycles. The second kappa shape index (κ2) is 5.87. The van der Waals surface area contributed by atoms with Crippen molar-refractivity contribution in [2.75, 3.05) is 0 Å². The number of benzene rings is 1. The molecular formula is C15H21N3O. The smallest absolute Gasteiger partial charge is 0.221 e. The molecular weight excluding hydrogens is 238 g/mol. The van der Waals surface area contributed by atoms with Crippen molar-refractivity contribution in [1.82, 2.24) is 14.9 Å². The Balaban J connectivity index is 2.17. The van der Waals surface area contributed by atoms with Crippen LogP contribution in [-0.2, 0) is 17.8 Å². The van der Waals surface area contributed by atoms with Crippen LogP contribution in [0.25, 0.3) is 11.0 Å². The molecule has 4 heteroatoms. The van der Waals surface area contributed by atoms with Gasteiger partial charge in [-0.3, -0.25) is 4.79 Å². The SMILES string of the molecule is CCc1nc2ccccc2n1CCC(=O)NC(C)C. The third-order valence-corrected chi connectivity index (χ3v) is 3.06. The number of aromatic nitrogens is 2. The van der Waals surface area contributed by atoms with Gasteiger partial charge in [0, 0.05) is 25.4 Å². The first-order chi connectivity index (χ1) is 9.11. The molecule has 1 heterocycles. The number of rotatable bonds is 5. The van der Waals surface area contributed by atoms with E-state index < -0.39 is 0 Å². The van der Waals surface area contributed by atoms with E-state index in [1.165, 1.54) is 0 Å². The van der Waals surface area contributed by atoms with Crippen LogP contribution >= 0.6 is 0 Å². The minimum atomic E-state index is 0.0924. The Morgan fingerprint density at radius 2 is 2.11 bits per heavy atom. The molecule has 2 aromatic rings. The lowest BCUT2D eigenvalue weighted by Gasteiger charge is -2.10. The molecule has 0 aliphatic rings. The molecule has 0 aliphatic carbocycles. The molecule has 2 rings (SSSR count). The lowest BCUT2D eigenvalue weighted by molar-refractivity contribution is -0.121. The van der Waals surface area contributed by atoms with Gasteiger partial charge in [0.05, 0.1) is 11.0 Å². The molecule has 0 radical (unpaired) electrons. The molecule has 4 nitrogen and oxygen atoms in total. The second-order valence-electron chi connectivity index (χ2n) is 4.99. The Bertz CT molecular complexity index is 572. The number of aryl methyl sites for hydroxylation is 2. The van der Waals surface area contributed by atoms with Gasteiger partial charge in [0.25, 0.3) is 0 Å². The van der Waals surface area contributed by atoms with Gasteiger partial charge in [-0.15, -0.1) is 0 Å². The highest BCUT2D eigenvalue weighted by Gasteiger charge is 2.10. The van der Waals surface area contributed by atoms with Gasteiger partial charge in [0.1, 0.15) is 5.82 Å². The Morgan fingerprint density at radius 1 is 1.37 bits per heavy atom. The van der Waals surface area contributed by atoms with Crippen LogP contribution in [0.1, 0.15) is 33.0 Å². The largest absolute Gasteiger partial charge is 0.354 e. The van der Waals surface area contributed by atoms with Gasteiger partial charge < -0.3 is 9.88 Å². The number of nitrogens with zero attached hydrogens (tertiary/aromatic N) is 2. The van der Waals surface area contributed by atoms with Crippen molar-refractivity contribution in [3.63, 3.8) is 0 Å². The fourth-order valence-electron chi connectivity index (χ4n) is 2.25. The number of hydrogen-bond donors (Lipinski definition) is 1. The number of imidazole rings is 1. The van der Waals surface area contributed by atoms with E-state index in [0.717, 1.165) is 23.3 Å². The zero-order chi connectivity index (χ0) is 13.8. The quantitative estimate of drug-likeness (QED) is 0.897. The fourth-order valence-corrected chi connectivity index (χ4v) is 2.25. The number of fused-ring (bicyclic) bond motifs is 1. The van der Waals surface area contributed by atoms with Crippen molar-refractivity contribution < 1.29 is 4.79 Å². The topological polar surface area (TPSA) is 46.9 Å². The predicted molar refractivity (Wildman–Crippen MR) is 77.0 cm³/mol. The monoisotopic (exact) mass is 259 g/mol.